The molecule has 0 radical (unpaired) electrons. The lowest BCUT2D eigenvalue weighted by Gasteiger charge is -2.47. The fourth-order valence-corrected chi connectivity index (χ4v) is 4.71. The van der Waals surface area contributed by atoms with Crippen molar-refractivity contribution in [3.63, 3.8) is 0 Å². The number of likely N-dealkylation sites (tertiary alicyclic amines) is 1. The van der Waals surface area contributed by atoms with E-state index >= 15 is 0 Å². The largest absolute Gasteiger partial charge is 0.462 e. The number of piperidine rings is 1. The molecule has 5 rings (SSSR count). The van der Waals surface area contributed by atoms with Gasteiger partial charge in [0.15, 0.2) is 5.78 Å². The maximum atomic E-state index is 11.3. The topological polar surface area (TPSA) is 38.8 Å². The first-order valence-electron chi connectivity index (χ1n) is 10.8. The first-order chi connectivity index (χ1) is 13.7. The molecule has 4 nitrogen and oxygen atoms in total. The van der Waals surface area contributed by atoms with E-state index < -0.39 is 5.79 Å². The van der Waals surface area contributed by atoms with Crippen LogP contribution in [0.3, 0.4) is 0 Å². The van der Waals surface area contributed by atoms with E-state index in [9.17, 15) is 4.79 Å². The minimum atomic E-state index is -0.418. The van der Waals surface area contributed by atoms with E-state index in [1.807, 2.05) is 12.2 Å². The van der Waals surface area contributed by atoms with Crippen LogP contribution in [0.4, 0.5) is 0 Å². The summed E-state index contributed by atoms with van der Waals surface area (Å²) < 4.78 is 12.7. The number of aryl methyl sites for hydroxylation is 1. The van der Waals surface area contributed by atoms with E-state index in [-0.39, 0.29) is 5.78 Å². The Labute approximate surface area is 167 Å². The van der Waals surface area contributed by atoms with E-state index in [4.69, 9.17) is 9.47 Å². The lowest BCUT2D eigenvalue weighted by atomic mass is 9.89. The summed E-state index contributed by atoms with van der Waals surface area (Å²) in [7, 11) is 0. The molecule has 0 amide bonds. The number of carbonyl (C=O) groups is 1. The predicted molar refractivity (Wildman–Crippen MR) is 108 cm³/mol. The van der Waals surface area contributed by atoms with Gasteiger partial charge in [0.25, 0.3) is 0 Å². The minimum Gasteiger partial charge on any atom is -0.462 e. The summed E-state index contributed by atoms with van der Waals surface area (Å²) in [5, 5.41) is 0. The van der Waals surface area contributed by atoms with Crippen molar-refractivity contribution in [1.29, 1.82) is 0 Å². The number of rotatable bonds is 4. The van der Waals surface area contributed by atoms with Crippen LogP contribution in [0.5, 0.6) is 5.75 Å². The van der Waals surface area contributed by atoms with Crippen molar-refractivity contribution in [3.05, 3.63) is 53.1 Å². The molecule has 0 unspecified atom stereocenters. The fraction of sp³-hybridized carbons (Fsp3) is 0.542. The monoisotopic (exact) mass is 379 g/mol. The maximum absolute atomic E-state index is 11.3. The van der Waals surface area contributed by atoms with Crippen molar-refractivity contribution in [2.45, 2.75) is 69.8 Å². The summed E-state index contributed by atoms with van der Waals surface area (Å²) in [6.45, 7) is 2.82. The van der Waals surface area contributed by atoms with Gasteiger partial charge in [-0.05, 0) is 49.5 Å². The summed E-state index contributed by atoms with van der Waals surface area (Å²) in [6.07, 6.45) is 14.2. The summed E-state index contributed by atoms with van der Waals surface area (Å²) in [5.74, 6) is 0.771. The molecule has 4 heteroatoms. The van der Waals surface area contributed by atoms with Gasteiger partial charge in [-0.2, -0.15) is 0 Å². The molecule has 1 aromatic rings. The number of ketones is 1. The summed E-state index contributed by atoms with van der Waals surface area (Å²) in [4.78, 5) is 13.9. The molecule has 1 aromatic carbocycles. The number of fused-ring (bicyclic) bond motifs is 1. The van der Waals surface area contributed by atoms with Crippen LogP contribution in [0.1, 0.15) is 56.1 Å². The molecular formula is C24H29NO3. The van der Waals surface area contributed by atoms with Crippen LogP contribution >= 0.6 is 0 Å². The number of nitrogens with zero attached hydrogens (tertiary/aromatic N) is 1. The zero-order valence-electron chi connectivity index (χ0n) is 16.5. The van der Waals surface area contributed by atoms with Crippen LogP contribution in [0.2, 0.25) is 0 Å². The Balaban J connectivity index is 1.19. The van der Waals surface area contributed by atoms with Gasteiger partial charge < -0.3 is 9.47 Å². The average Bonchev–Trinajstić information content (AvgIpc) is 2.68. The highest BCUT2D eigenvalue weighted by Crippen LogP contribution is 2.39. The van der Waals surface area contributed by atoms with Crippen molar-refractivity contribution in [2.75, 3.05) is 13.1 Å². The van der Waals surface area contributed by atoms with Gasteiger partial charge in [0.2, 0.25) is 5.79 Å². The van der Waals surface area contributed by atoms with E-state index in [0.29, 0.717) is 13.0 Å². The average molecular weight is 380 g/mol. The highest BCUT2D eigenvalue weighted by molar-refractivity contribution is 5.92. The molecule has 1 saturated heterocycles. The standard InChI is InChI=1S/C24H29NO3/c26-22-9-6-18(7-10-22)4-5-19-8-11-23-20(16-19)17-27-24(28-23)12-14-25(15-13-24)21-2-1-3-21/h6-9,11,16,21H,1-5,10,12-15,17H2. The molecule has 0 aromatic heterocycles. The smallest absolute Gasteiger partial charge is 0.213 e. The molecule has 2 aliphatic heterocycles. The Kier molecular flexibility index (Phi) is 4.85. The Morgan fingerprint density at radius 2 is 1.96 bits per heavy atom. The van der Waals surface area contributed by atoms with Crippen LogP contribution in [-0.4, -0.2) is 35.6 Å². The quantitative estimate of drug-likeness (QED) is 0.781. The molecule has 1 spiro atoms. The zero-order chi connectivity index (χ0) is 19.0. The first kappa shape index (κ1) is 18.1. The third-order valence-electron chi connectivity index (χ3n) is 6.81. The Morgan fingerprint density at radius 1 is 1.11 bits per heavy atom. The maximum Gasteiger partial charge on any atom is 0.213 e. The molecule has 4 aliphatic rings. The summed E-state index contributed by atoms with van der Waals surface area (Å²) in [5.41, 5.74) is 3.71. The number of allylic oxidation sites excluding steroid dienone is 4. The van der Waals surface area contributed by atoms with Crippen molar-refractivity contribution in [2.24, 2.45) is 0 Å². The van der Waals surface area contributed by atoms with Gasteiger partial charge in [-0.1, -0.05) is 30.2 Å². The second-order valence-corrected chi connectivity index (χ2v) is 8.65. The highest BCUT2D eigenvalue weighted by Gasteiger charge is 2.42. The predicted octanol–water partition coefficient (Wildman–Crippen LogP) is 4.33. The van der Waals surface area contributed by atoms with E-state index in [0.717, 1.165) is 56.1 Å². The molecule has 2 aliphatic carbocycles. The van der Waals surface area contributed by atoms with Gasteiger partial charge in [0, 0.05) is 44.0 Å². The molecular weight excluding hydrogens is 350 g/mol. The van der Waals surface area contributed by atoms with Crippen molar-refractivity contribution >= 4 is 5.78 Å². The zero-order valence-corrected chi connectivity index (χ0v) is 16.5. The number of hydrogen-bond donors (Lipinski definition) is 0. The number of carbonyl (C=O) groups excluding carboxylic acids is 1. The number of ether oxygens (including phenoxy) is 2. The van der Waals surface area contributed by atoms with E-state index in [1.165, 1.54) is 30.4 Å². The van der Waals surface area contributed by atoms with Crippen LogP contribution in [-0.2, 0) is 22.6 Å². The molecule has 148 valence electrons. The minimum absolute atomic E-state index is 0.194. The first-order valence-corrected chi connectivity index (χ1v) is 10.8. The lowest BCUT2D eigenvalue weighted by Crippen LogP contribution is -2.54. The lowest BCUT2D eigenvalue weighted by molar-refractivity contribution is -0.231. The molecule has 0 N–H and O–H groups in total. The van der Waals surface area contributed by atoms with E-state index in [1.54, 1.807) is 6.08 Å². The molecule has 28 heavy (non-hydrogen) atoms. The fourth-order valence-electron chi connectivity index (χ4n) is 4.71. The van der Waals surface area contributed by atoms with Gasteiger partial charge in [-0.25, -0.2) is 0 Å². The SMILES string of the molecule is O=C1C=CC(CCc2ccc3c(c2)COC2(CCN(C4CCC4)CC2)O3)=CC1. The van der Waals surface area contributed by atoms with Gasteiger partial charge in [-0.15, -0.1) is 0 Å². The second kappa shape index (κ2) is 7.49. The van der Waals surface area contributed by atoms with Crippen molar-refractivity contribution in [1.82, 2.24) is 4.90 Å². The highest BCUT2D eigenvalue weighted by atomic mass is 16.7. The van der Waals surface area contributed by atoms with Crippen LogP contribution in [0.25, 0.3) is 0 Å². The Bertz CT molecular complexity index is 813. The molecule has 2 heterocycles. The Morgan fingerprint density at radius 3 is 2.68 bits per heavy atom. The van der Waals surface area contributed by atoms with Gasteiger partial charge in [-0.3, -0.25) is 9.69 Å². The number of hydrogen-bond acceptors (Lipinski definition) is 4. The van der Waals surface area contributed by atoms with Gasteiger partial charge >= 0.3 is 0 Å². The molecule has 0 atom stereocenters. The van der Waals surface area contributed by atoms with Crippen LogP contribution in [0.15, 0.2) is 42.0 Å². The molecule has 0 bridgehead atoms. The molecule has 1 saturated carbocycles. The van der Waals surface area contributed by atoms with Gasteiger partial charge in [0.05, 0.1) is 6.61 Å². The third kappa shape index (κ3) is 3.68. The summed E-state index contributed by atoms with van der Waals surface area (Å²) in [6, 6.07) is 7.34. The second-order valence-electron chi connectivity index (χ2n) is 8.65. The third-order valence-corrected chi connectivity index (χ3v) is 6.81. The Hall–Kier alpha value is -1.91. The van der Waals surface area contributed by atoms with Crippen LogP contribution < -0.4 is 4.74 Å². The van der Waals surface area contributed by atoms with Gasteiger partial charge in [0.1, 0.15) is 5.75 Å². The normalized spacial score (nSPS) is 24.4. The summed E-state index contributed by atoms with van der Waals surface area (Å²) >= 11 is 0. The molecule has 2 fully saturated rings. The number of benzene rings is 1. The van der Waals surface area contributed by atoms with Crippen molar-refractivity contribution in [3.8, 4) is 5.75 Å². The van der Waals surface area contributed by atoms with Crippen molar-refractivity contribution < 1.29 is 14.3 Å². The van der Waals surface area contributed by atoms with Crippen LogP contribution in [0, 0.1) is 0 Å². The van der Waals surface area contributed by atoms with E-state index in [2.05, 4.69) is 23.1 Å².